The van der Waals surface area contributed by atoms with E-state index in [1.54, 1.807) is 20.1 Å². The Kier molecular flexibility index (Phi) is 7.62. The third-order valence-electron chi connectivity index (χ3n) is 6.73. The summed E-state index contributed by atoms with van der Waals surface area (Å²) < 4.78 is 11.4. The van der Waals surface area contributed by atoms with Crippen LogP contribution in [0.1, 0.15) is 63.3 Å². The number of aryl methyl sites for hydroxylation is 2. The van der Waals surface area contributed by atoms with E-state index in [1.807, 2.05) is 19.9 Å². The Labute approximate surface area is 209 Å². The Morgan fingerprint density at radius 1 is 1.06 bits per heavy atom. The second kappa shape index (κ2) is 10.2. The van der Waals surface area contributed by atoms with Crippen molar-refractivity contribution in [1.82, 2.24) is 10.6 Å². The minimum Gasteiger partial charge on any atom is -0.480 e. The Hall–Kier alpha value is -3.62. The van der Waals surface area contributed by atoms with Crippen LogP contribution >= 0.6 is 0 Å². The molecule has 2 amide bonds. The molecule has 0 fully saturated rings. The lowest BCUT2D eigenvalue weighted by atomic mass is 9.86. The van der Waals surface area contributed by atoms with Gasteiger partial charge in [-0.2, -0.15) is 0 Å². The van der Waals surface area contributed by atoms with Crippen molar-refractivity contribution < 1.29 is 28.3 Å². The quantitative estimate of drug-likeness (QED) is 0.402. The predicted molar refractivity (Wildman–Crippen MR) is 136 cm³/mol. The standard InChI is InChI=1S/C27H34N2O7/c1-8-13(2)22(25(32)33)29-21(31)11-28-20(30)10-17-14(3)16-9-18-19(27(5,6)7)12-35-23(18)15(4)24(16)36-26(17)34/h9,12-13,22H,8,10-11H2,1-7H3,(H,28,30)(H,29,31)(H,32,33)/t13-,22+/m1/s1. The molecule has 0 aliphatic rings. The van der Waals surface area contributed by atoms with Gasteiger partial charge in [0, 0.05) is 21.9 Å². The molecule has 0 bridgehead atoms. The summed E-state index contributed by atoms with van der Waals surface area (Å²) in [5, 5.41) is 15.8. The van der Waals surface area contributed by atoms with Crippen molar-refractivity contribution in [3.8, 4) is 0 Å². The first-order chi connectivity index (χ1) is 16.8. The molecule has 194 valence electrons. The lowest BCUT2D eigenvalue weighted by molar-refractivity contribution is -0.143. The molecule has 9 heteroatoms. The van der Waals surface area contributed by atoms with Gasteiger partial charge in [-0.25, -0.2) is 9.59 Å². The fourth-order valence-electron chi connectivity index (χ4n) is 4.29. The van der Waals surface area contributed by atoms with E-state index in [1.165, 1.54) is 0 Å². The molecule has 0 spiro atoms. The number of fused-ring (bicyclic) bond motifs is 2. The Morgan fingerprint density at radius 2 is 1.72 bits per heavy atom. The van der Waals surface area contributed by atoms with Crippen LogP contribution in [0, 0.1) is 19.8 Å². The number of nitrogens with one attached hydrogen (secondary N) is 2. The third kappa shape index (κ3) is 5.29. The van der Waals surface area contributed by atoms with Gasteiger partial charge in [-0.05, 0) is 36.8 Å². The number of carbonyl (C=O) groups excluding carboxylic acids is 2. The number of amides is 2. The maximum atomic E-state index is 12.8. The molecule has 0 unspecified atom stereocenters. The first-order valence-electron chi connectivity index (χ1n) is 12.0. The molecular weight excluding hydrogens is 464 g/mol. The lowest BCUT2D eigenvalue weighted by Crippen LogP contribution is -2.48. The summed E-state index contributed by atoms with van der Waals surface area (Å²) in [6, 6.07) is 0.880. The minimum absolute atomic E-state index is 0.160. The number of aliphatic carboxylic acids is 1. The smallest absolute Gasteiger partial charge is 0.340 e. The molecule has 36 heavy (non-hydrogen) atoms. The van der Waals surface area contributed by atoms with Crippen LogP contribution in [0.5, 0.6) is 0 Å². The van der Waals surface area contributed by atoms with Crippen LogP contribution in [0.15, 0.2) is 26.0 Å². The highest BCUT2D eigenvalue weighted by molar-refractivity contribution is 6.00. The number of carboxylic acid groups (broad SMARTS) is 1. The zero-order valence-corrected chi connectivity index (χ0v) is 21.8. The van der Waals surface area contributed by atoms with Crippen molar-refractivity contribution in [1.29, 1.82) is 0 Å². The Bertz CT molecular complexity index is 1390. The number of hydrogen-bond donors (Lipinski definition) is 3. The molecule has 2 atom stereocenters. The number of carbonyl (C=O) groups is 3. The van der Waals surface area contributed by atoms with Crippen molar-refractivity contribution in [3.05, 3.63) is 45.0 Å². The van der Waals surface area contributed by atoms with E-state index in [0.29, 0.717) is 34.1 Å². The van der Waals surface area contributed by atoms with Gasteiger partial charge in [-0.1, -0.05) is 41.0 Å². The summed E-state index contributed by atoms with van der Waals surface area (Å²) in [6.45, 7) is 13.0. The molecule has 0 radical (unpaired) electrons. The van der Waals surface area contributed by atoms with E-state index in [0.717, 1.165) is 10.9 Å². The molecule has 3 rings (SSSR count). The molecule has 0 aliphatic carbocycles. The second-order valence-electron chi connectivity index (χ2n) is 10.4. The summed E-state index contributed by atoms with van der Waals surface area (Å²) in [5.41, 5.74) is 2.82. The van der Waals surface area contributed by atoms with Gasteiger partial charge in [-0.3, -0.25) is 9.59 Å². The fraction of sp³-hybridized carbons (Fsp3) is 0.481. The summed E-state index contributed by atoms with van der Waals surface area (Å²) in [7, 11) is 0. The molecular formula is C27H34N2O7. The number of hydrogen-bond acceptors (Lipinski definition) is 6. The minimum atomic E-state index is -1.13. The number of furan rings is 1. The highest BCUT2D eigenvalue weighted by Gasteiger charge is 2.26. The molecule has 0 saturated carbocycles. The van der Waals surface area contributed by atoms with E-state index in [4.69, 9.17) is 8.83 Å². The van der Waals surface area contributed by atoms with Crippen molar-refractivity contribution in [2.24, 2.45) is 5.92 Å². The number of benzene rings is 1. The maximum Gasteiger partial charge on any atom is 0.340 e. The summed E-state index contributed by atoms with van der Waals surface area (Å²) in [5.74, 6) is -2.57. The molecule has 3 N–H and O–H groups in total. The second-order valence-corrected chi connectivity index (χ2v) is 10.4. The van der Waals surface area contributed by atoms with E-state index < -0.39 is 36.0 Å². The van der Waals surface area contributed by atoms with Crippen LogP contribution in [-0.4, -0.2) is 35.5 Å². The van der Waals surface area contributed by atoms with E-state index in [-0.39, 0.29) is 23.3 Å². The van der Waals surface area contributed by atoms with Crippen LogP contribution in [0.4, 0.5) is 0 Å². The molecule has 9 nitrogen and oxygen atoms in total. The average molecular weight is 499 g/mol. The SMILES string of the molecule is CC[C@@H](C)[C@H](NC(=O)CNC(=O)Cc1c(C)c2cc3c(C(C)(C)C)coc3c(C)c2oc1=O)C(=O)O. The van der Waals surface area contributed by atoms with E-state index in [9.17, 15) is 24.3 Å². The molecule has 2 heterocycles. The Balaban J connectivity index is 1.85. The largest absolute Gasteiger partial charge is 0.480 e. The van der Waals surface area contributed by atoms with Crippen LogP contribution < -0.4 is 16.3 Å². The molecule has 2 aromatic heterocycles. The van der Waals surface area contributed by atoms with Crippen molar-refractivity contribution in [2.45, 2.75) is 72.8 Å². The third-order valence-corrected chi connectivity index (χ3v) is 6.73. The van der Waals surface area contributed by atoms with Crippen LogP contribution in [0.3, 0.4) is 0 Å². The highest BCUT2D eigenvalue weighted by Crippen LogP contribution is 2.37. The molecule has 0 saturated heterocycles. The van der Waals surface area contributed by atoms with Gasteiger partial charge in [0.25, 0.3) is 0 Å². The summed E-state index contributed by atoms with van der Waals surface area (Å²) in [6.07, 6.45) is 2.02. The number of rotatable bonds is 8. The molecule has 1 aromatic carbocycles. The van der Waals surface area contributed by atoms with Gasteiger partial charge < -0.3 is 24.6 Å². The van der Waals surface area contributed by atoms with Gasteiger partial charge in [0.2, 0.25) is 11.8 Å². The normalized spacial score (nSPS) is 13.5. The topological polar surface area (TPSA) is 139 Å². The van der Waals surface area contributed by atoms with Gasteiger partial charge in [0.1, 0.15) is 17.2 Å². The zero-order valence-electron chi connectivity index (χ0n) is 21.8. The Morgan fingerprint density at radius 3 is 2.31 bits per heavy atom. The monoisotopic (exact) mass is 498 g/mol. The average Bonchev–Trinajstić information content (AvgIpc) is 3.24. The molecule has 3 aromatic rings. The lowest BCUT2D eigenvalue weighted by Gasteiger charge is -2.20. The van der Waals surface area contributed by atoms with Crippen molar-refractivity contribution in [2.75, 3.05) is 6.54 Å². The van der Waals surface area contributed by atoms with E-state index in [2.05, 4.69) is 31.4 Å². The predicted octanol–water partition coefficient (Wildman–Crippen LogP) is 3.73. The zero-order chi connectivity index (χ0) is 26.9. The van der Waals surface area contributed by atoms with Gasteiger partial charge in [0.05, 0.1) is 24.8 Å². The van der Waals surface area contributed by atoms with Gasteiger partial charge in [-0.15, -0.1) is 0 Å². The van der Waals surface area contributed by atoms with Crippen molar-refractivity contribution in [3.63, 3.8) is 0 Å². The van der Waals surface area contributed by atoms with Crippen molar-refractivity contribution >= 4 is 39.7 Å². The maximum absolute atomic E-state index is 12.8. The first kappa shape index (κ1) is 27.0. The van der Waals surface area contributed by atoms with Crippen LogP contribution in [0.2, 0.25) is 0 Å². The van der Waals surface area contributed by atoms with Crippen LogP contribution in [0.25, 0.3) is 21.9 Å². The first-order valence-corrected chi connectivity index (χ1v) is 12.0. The highest BCUT2D eigenvalue weighted by atomic mass is 16.4. The summed E-state index contributed by atoms with van der Waals surface area (Å²) in [4.78, 5) is 49.0. The van der Waals surface area contributed by atoms with Gasteiger partial charge in [0.15, 0.2) is 0 Å². The van der Waals surface area contributed by atoms with E-state index >= 15 is 0 Å². The van der Waals surface area contributed by atoms with Gasteiger partial charge >= 0.3 is 11.6 Å². The van der Waals surface area contributed by atoms with Crippen LogP contribution in [-0.2, 0) is 26.2 Å². The molecule has 0 aliphatic heterocycles. The fourth-order valence-corrected chi connectivity index (χ4v) is 4.29. The number of carboxylic acids is 1. The summed E-state index contributed by atoms with van der Waals surface area (Å²) >= 11 is 0.